The lowest BCUT2D eigenvalue weighted by atomic mass is 10.2. The maximum absolute atomic E-state index is 12.8. The number of nitrogen functional groups attached to an aromatic ring is 1. The van der Waals surface area contributed by atoms with E-state index in [0.29, 0.717) is 11.6 Å². The molecule has 0 fully saturated rings. The number of nitrogens with zero attached hydrogens (tertiary/aromatic N) is 2. The lowest BCUT2D eigenvalue weighted by Gasteiger charge is -2.15. The van der Waals surface area contributed by atoms with E-state index < -0.39 is 21.1 Å². The lowest BCUT2D eigenvalue weighted by molar-refractivity contribution is 0.507. The predicted molar refractivity (Wildman–Crippen MR) is 133 cm³/mol. The van der Waals surface area contributed by atoms with Crippen molar-refractivity contribution in [3.8, 4) is 0 Å². The van der Waals surface area contributed by atoms with Crippen molar-refractivity contribution in [2.75, 3.05) is 12.0 Å². The van der Waals surface area contributed by atoms with Crippen molar-refractivity contribution in [1.29, 1.82) is 0 Å². The minimum Gasteiger partial charge on any atom is -0.384 e. The van der Waals surface area contributed by atoms with E-state index in [0.717, 1.165) is 16.7 Å². The first-order valence-electron chi connectivity index (χ1n) is 10.3. The number of hydrogen-bond acceptors (Lipinski definition) is 7. The normalized spacial score (nSPS) is 12.3. The van der Waals surface area contributed by atoms with E-state index in [9.17, 15) is 18.0 Å². The summed E-state index contributed by atoms with van der Waals surface area (Å²) in [5, 5.41) is 0.365. The van der Waals surface area contributed by atoms with Gasteiger partial charge < -0.3 is 5.73 Å². The van der Waals surface area contributed by atoms with Gasteiger partial charge in [0.15, 0.2) is 9.84 Å². The van der Waals surface area contributed by atoms with Crippen LogP contribution in [0.2, 0.25) is 0 Å². The van der Waals surface area contributed by atoms with Crippen LogP contribution < -0.4 is 17.0 Å². The Bertz CT molecular complexity index is 1370. The second kappa shape index (κ2) is 10.2. The van der Waals surface area contributed by atoms with Crippen molar-refractivity contribution in [3.63, 3.8) is 0 Å². The largest absolute Gasteiger partial charge is 0.384 e. The average Bonchev–Trinajstić information content (AvgIpc) is 2.75. The fourth-order valence-electron chi connectivity index (χ4n) is 3.11. The van der Waals surface area contributed by atoms with Gasteiger partial charge in [-0.25, -0.2) is 13.2 Å². The molecule has 0 bridgehead atoms. The van der Waals surface area contributed by atoms with Gasteiger partial charge in [-0.05, 0) is 35.7 Å². The van der Waals surface area contributed by atoms with Gasteiger partial charge >= 0.3 is 5.69 Å². The summed E-state index contributed by atoms with van der Waals surface area (Å²) in [6.07, 6.45) is 1.15. The number of hydrogen-bond donors (Lipinski definition) is 2. The number of rotatable bonds is 7. The summed E-state index contributed by atoms with van der Waals surface area (Å²) in [5.41, 5.74) is 6.04. The predicted octanol–water partition coefficient (Wildman–Crippen LogP) is 2.92. The second-order valence-corrected chi connectivity index (χ2v) is 11.1. The molecule has 2 aromatic carbocycles. The van der Waals surface area contributed by atoms with E-state index in [1.54, 1.807) is 12.1 Å². The van der Waals surface area contributed by atoms with Crippen LogP contribution in [0.1, 0.15) is 25.0 Å². The van der Waals surface area contributed by atoms with E-state index in [1.165, 1.54) is 28.5 Å². The Balaban J connectivity index is 2.07. The van der Waals surface area contributed by atoms with Gasteiger partial charge in [0.2, 0.25) is 0 Å². The number of thioether (sulfide) groups is 1. The van der Waals surface area contributed by atoms with Crippen molar-refractivity contribution in [2.45, 2.75) is 36.7 Å². The molecule has 0 aliphatic rings. The smallest absolute Gasteiger partial charge is 0.329 e. The first-order valence-corrected chi connectivity index (χ1v) is 13.0. The minimum absolute atomic E-state index is 0.0621. The Morgan fingerprint density at radius 2 is 1.73 bits per heavy atom. The Labute approximate surface area is 196 Å². The van der Waals surface area contributed by atoms with Gasteiger partial charge in [-0.15, -0.1) is 0 Å². The van der Waals surface area contributed by atoms with Gasteiger partial charge in [-0.3, -0.25) is 19.3 Å². The number of benzene rings is 2. The van der Waals surface area contributed by atoms with Gasteiger partial charge in [0, 0.05) is 17.7 Å². The highest BCUT2D eigenvalue weighted by Gasteiger charge is 2.19. The molecule has 8 nitrogen and oxygen atoms in total. The Kier molecular flexibility index (Phi) is 7.60. The second-order valence-electron chi connectivity index (χ2n) is 7.98. The van der Waals surface area contributed by atoms with Crippen molar-refractivity contribution in [2.24, 2.45) is 10.9 Å². The van der Waals surface area contributed by atoms with E-state index in [1.807, 2.05) is 44.2 Å². The highest BCUT2D eigenvalue weighted by atomic mass is 32.2. The summed E-state index contributed by atoms with van der Waals surface area (Å²) in [6, 6.07) is 15.8. The number of sulfone groups is 1. The van der Waals surface area contributed by atoms with Crippen molar-refractivity contribution in [3.05, 3.63) is 86.6 Å². The third-order valence-electron chi connectivity index (χ3n) is 4.72. The highest BCUT2D eigenvalue weighted by molar-refractivity contribution is 8.14. The van der Waals surface area contributed by atoms with Crippen LogP contribution >= 0.6 is 11.8 Å². The van der Waals surface area contributed by atoms with Gasteiger partial charge in [-0.2, -0.15) is 0 Å². The van der Waals surface area contributed by atoms with E-state index in [-0.39, 0.29) is 28.7 Å². The molecule has 1 aromatic heterocycles. The fraction of sp³-hybridized carbons (Fsp3) is 0.261. The number of anilines is 1. The quantitative estimate of drug-likeness (QED) is 0.300. The number of aromatic nitrogens is 2. The zero-order valence-electron chi connectivity index (χ0n) is 18.6. The van der Waals surface area contributed by atoms with Gasteiger partial charge in [-0.1, -0.05) is 55.9 Å². The van der Waals surface area contributed by atoms with Crippen LogP contribution in [0.5, 0.6) is 0 Å². The maximum atomic E-state index is 12.8. The van der Waals surface area contributed by atoms with E-state index in [4.69, 9.17) is 5.73 Å². The Hall–Kier alpha value is -3.11. The van der Waals surface area contributed by atoms with Crippen LogP contribution in [-0.4, -0.2) is 29.3 Å². The molecular formula is C23H26N4O4S2. The standard InChI is InChI=1S/C23H26N4O4S2/c1-15(2)14-27-20(24)19(21(28)26-23(27)29)22(32-17-7-5-4-6-8-17)25-13-16-9-11-18(12-10-16)33(3,30)31/h4-12,15H,13-14,24H2,1-3H3,(H,26,28,29). The fourth-order valence-corrected chi connectivity index (χ4v) is 4.68. The number of aliphatic imine (C=N–C) groups is 1. The Morgan fingerprint density at radius 1 is 1.09 bits per heavy atom. The molecule has 3 rings (SSSR count). The van der Waals surface area contributed by atoms with Gasteiger partial charge in [0.05, 0.1) is 11.4 Å². The van der Waals surface area contributed by atoms with Crippen LogP contribution in [0.4, 0.5) is 5.82 Å². The molecule has 33 heavy (non-hydrogen) atoms. The van der Waals surface area contributed by atoms with Gasteiger partial charge in [0.25, 0.3) is 5.56 Å². The van der Waals surface area contributed by atoms with Crippen molar-refractivity contribution in [1.82, 2.24) is 9.55 Å². The van der Waals surface area contributed by atoms with E-state index in [2.05, 4.69) is 9.98 Å². The zero-order chi connectivity index (χ0) is 24.2. The SMILES string of the molecule is CC(C)Cn1c(N)c(C(=NCc2ccc(S(C)(=O)=O)cc2)Sc2ccccc2)c(=O)[nH]c1=O. The lowest BCUT2D eigenvalue weighted by Crippen LogP contribution is -2.36. The molecular weight excluding hydrogens is 460 g/mol. The molecule has 0 atom stereocenters. The van der Waals surface area contributed by atoms with Crippen LogP contribution in [0.3, 0.4) is 0 Å². The number of nitrogens with two attached hydrogens (primary N) is 1. The first-order chi connectivity index (χ1) is 15.6. The summed E-state index contributed by atoms with van der Waals surface area (Å²) >= 11 is 1.27. The monoisotopic (exact) mass is 486 g/mol. The Morgan fingerprint density at radius 3 is 2.30 bits per heavy atom. The molecule has 10 heteroatoms. The highest BCUT2D eigenvalue weighted by Crippen LogP contribution is 2.25. The van der Waals surface area contributed by atoms with Crippen molar-refractivity contribution < 1.29 is 8.42 Å². The minimum atomic E-state index is -3.30. The summed E-state index contributed by atoms with van der Waals surface area (Å²) in [5.74, 6) is 0.200. The summed E-state index contributed by atoms with van der Waals surface area (Å²) in [6.45, 7) is 4.45. The molecule has 3 N–H and O–H groups in total. The number of H-pyrrole nitrogens is 1. The first kappa shape index (κ1) is 24.5. The van der Waals surface area contributed by atoms with Crippen LogP contribution in [0.25, 0.3) is 0 Å². The molecule has 0 saturated heterocycles. The van der Waals surface area contributed by atoms with Crippen LogP contribution in [0.15, 0.2) is 79.0 Å². The zero-order valence-corrected chi connectivity index (χ0v) is 20.2. The maximum Gasteiger partial charge on any atom is 0.329 e. The average molecular weight is 487 g/mol. The number of aromatic amines is 1. The summed E-state index contributed by atoms with van der Waals surface area (Å²) in [4.78, 5) is 33.2. The van der Waals surface area contributed by atoms with Crippen LogP contribution in [0, 0.1) is 5.92 Å². The molecule has 0 aliphatic heterocycles. The molecule has 0 saturated carbocycles. The molecule has 0 spiro atoms. The van der Waals surface area contributed by atoms with Gasteiger partial charge in [0.1, 0.15) is 16.4 Å². The molecule has 1 heterocycles. The molecule has 0 aliphatic carbocycles. The van der Waals surface area contributed by atoms with Crippen LogP contribution in [-0.2, 0) is 22.9 Å². The summed E-state index contributed by atoms with van der Waals surface area (Å²) in [7, 11) is -3.30. The third-order valence-corrected chi connectivity index (χ3v) is 6.88. The molecule has 0 amide bonds. The van der Waals surface area contributed by atoms with E-state index >= 15 is 0 Å². The molecule has 0 radical (unpaired) electrons. The number of nitrogens with one attached hydrogen (secondary N) is 1. The molecule has 3 aromatic rings. The van der Waals surface area contributed by atoms with Crippen molar-refractivity contribution >= 4 is 32.5 Å². The molecule has 174 valence electrons. The topological polar surface area (TPSA) is 127 Å². The third kappa shape index (κ3) is 6.23. The summed E-state index contributed by atoms with van der Waals surface area (Å²) < 4.78 is 24.7. The molecule has 0 unspecified atom stereocenters.